The van der Waals surface area contributed by atoms with Gasteiger partial charge >= 0.3 is 0 Å². The summed E-state index contributed by atoms with van der Waals surface area (Å²) in [6, 6.07) is 13.6. The maximum atomic E-state index is 14.1. The average Bonchev–Trinajstić information content (AvgIpc) is 3.25. The summed E-state index contributed by atoms with van der Waals surface area (Å²) >= 11 is 0. The van der Waals surface area contributed by atoms with Gasteiger partial charge in [-0.15, -0.1) is 0 Å². The molecule has 0 bridgehead atoms. The first-order valence-electron chi connectivity index (χ1n) is 11.6. The Bertz CT molecular complexity index is 1410. The molecule has 2 heterocycles. The zero-order chi connectivity index (χ0) is 26.0. The van der Waals surface area contributed by atoms with E-state index in [-0.39, 0.29) is 23.4 Å². The number of carbonyl (C=O) groups excluding carboxylic acids is 1. The summed E-state index contributed by atoms with van der Waals surface area (Å²) in [6.45, 7) is 7.21. The molecule has 0 aliphatic carbocycles. The number of rotatable bonds is 7. The smallest absolute Gasteiger partial charge is 0.276 e. The van der Waals surface area contributed by atoms with Crippen LogP contribution in [0.2, 0.25) is 0 Å². The van der Waals surface area contributed by atoms with E-state index in [9.17, 15) is 13.6 Å². The fourth-order valence-corrected chi connectivity index (χ4v) is 4.19. The molecule has 0 atom stereocenters. The molecule has 6 nitrogen and oxygen atoms in total. The number of alkyl halides is 2. The van der Waals surface area contributed by atoms with Gasteiger partial charge in [-0.3, -0.25) is 4.79 Å². The van der Waals surface area contributed by atoms with Crippen molar-refractivity contribution in [3.63, 3.8) is 0 Å². The van der Waals surface area contributed by atoms with Gasteiger partial charge in [-0.25, -0.2) is 18.7 Å². The van der Waals surface area contributed by atoms with Gasteiger partial charge in [0.25, 0.3) is 11.8 Å². The number of benzene rings is 2. The minimum atomic E-state index is -2.97. The lowest BCUT2D eigenvalue weighted by atomic mass is 9.95. The molecule has 0 radical (unpaired) electrons. The van der Waals surface area contributed by atoms with Crippen LogP contribution in [0, 0.1) is 20.8 Å². The highest BCUT2D eigenvalue weighted by atomic mass is 19.3. The van der Waals surface area contributed by atoms with Gasteiger partial charge in [0.2, 0.25) is 0 Å². The van der Waals surface area contributed by atoms with Gasteiger partial charge in [0.1, 0.15) is 17.1 Å². The molecule has 4 rings (SSSR count). The molecule has 8 heteroatoms. The van der Waals surface area contributed by atoms with Gasteiger partial charge in [-0.05, 0) is 55.7 Å². The normalized spacial score (nSPS) is 11.4. The van der Waals surface area contributed by atoms with Crippen molar-refractivity contribution in [2.24, 2.45) is 0 Å². The molecule has 2 N–H and O–H groups in total. The van der Waals surface area contributed by atoms with Crippen molar-refractivity contribution in [2.45, 2.75) is 40.0 Å². The highest BCUT2D eigenvalue weighted by Crippen LogP contribution is 2.36. The third kappa shape index (κ3) is 4.84. The molecule has 2 aromatic carbocycles. The van der Waals surface area contributed by atoms with Crippen molar-refractivity contribution in [1.29, 1.82) is 0 Å². The van der Waals surface area contributed by atoms with Crippen molar-refractivity contribution in [2.75, 3.05) is 12.4 Å². The molecule has 0 unspecified atom stereocenters. The second-order valence-electron chi connectivity index (χ2n) is 8.69. The van der Waals surface area contributed by atoms with E-state index in [1.54, 1.807) is 26.3 Å². The maximum Gasteiger partial charge on any atom is 0.276 e. The second-order valence-corrected chi connectivity index (χ2v) is 8.69. The number of pyridine rings is 1. The van der Waals surface area contributed by atoms with Crippen molar-refractivity contribution in [1.82, 2.24) is 15.0 Å². The molecule has 4 aromatic rings. The number of ether oxygens (including phenoxy) is 1. The number of nitrogens with one attached hydrogen (secondary N) is 2. The van der Waals surface area contributed by atoms with E-state index in [1.165, 1.54) is 25.1 Å². The van der Waals surface area contributed by atoms with Crippen LogP contribution in [0.3, 0.4) is 0 Å². The van der Waals surface area contributed by atoms with Crippen LogP contribution in [0.4, 0.5) is 14.5 Å². The van der Waals surface area contributed by atoms with Crippen molar-refractivity contribution < 1.29 is 18.3 Å². The van der Waals surface area contributed by atoms with Crippen LogP contribution in [0.15, 0.2) is 54.7 Å². The van der Waals surface area contributed by atoms with Crippen molar-refractivity contribution in [3.8, 4) is 28.4 Å². The van der Waals surface area contributed by atoms with Gasteiger partial charge in [-0.1, -0.05) is 37.3 Å². The molecular weight excluding hydrogens is 462 g/mol. The van der Waals surface area contributed by atoms with Crippen LogP contribution >= 0.6 is 0 Å². The Morgan fingerprint density at radius 1 is 1.08 bits per heavy atom. The van der Waals surface area contributed by atoms with Gasteiger partial charge < -0.3 is 15.0 Å². The Kier molecular flexibility index (Phi) is 6.88. The van der Waals surface area contributed by atoms with E-state index in [1.807, 2.05) is 38.1 Å². The number of nitrogens with zero attached hydrogens (tertiary/aromatic N) is 2. The number of amides is 1. The summed E-state index contributed by atoms with van der Waals surface area (Å²) in [5.74, 6) is -2.43. The highest BCUT2D eigenvalue weighted by molar-refractivity contribution is 6.04. The van der Waals surface area contributed by atoms with Crippen LogP contribution in [0.25, 0.3) is 22.6 Å². The first kappa shape index (κ1) is 25.0. The number of imidazole rings is 1. The fraction of sp³-hybridized carbons (Fsp3) is 0.250. The zero-order valence-electron chi connectivity index (χ0n) is 20.9. The molecule has 0 saturated carbocycles. The Morgan fingerprint density at radius 3 is 2.44 bits per heavy atom. The Hall–Kier alpha value is -4.07. The van der Waals surface area contributed by atoms with Gasteiger partial charge in [0.15, 0.2) is 5.82 Å². The number of anilines is 1. The molecule has 0 saturated heterocycles. The number of aromatic amines is 1. The predicted octanol–water partition coefficient (Wildman–Crippen LogP) is 6.83. The fourth-order valence-electron chi connectivity index (χ4n) is 4.19. The summed E-state index contributed by atoms with van der Waals surface area (Å²) < 4.78 is 33.8. The summed E-state index contributed by atoms with van der Waals surface area (Å²) in [4.78, 5) is 25.0. The monoisotopic (exact) mass is 490 g/mol. The number of hydrogen-bond acceptors (Lipinski definition) is 4. The molecule has 1 amide bonds. The zero-order valence-corrected chi connectivity index (χ0v) is 20.9. The number of carbonyl (C=O) groups is 1. The van der Waals surface area contributed by atoms with Crippen LogP contribution < -0.4 is 10.1 Å². The standard InChI is InChI=1S/C28H28F2N4O2/c1-6-28(29,30)19-11-8-12-20(13-19)33-27(35)25-18(4)32-26(34-25)22-14-21(23(36-5)15-31-22)24-16(2)9-7-10-17(24)3/h7-15H,6H2,1-5H3,(H,32,34)(H,33,35). The van der Waals surface area contributed by atoms with E-state index in [0.29, 0.717) is 23.0 Å². The third-order valence-electron chi connectivity index (χ3n) is 6.17. The number of aryl methyl sites for hydroxylation is 3. The molecule has 0 aliphatic rings. The highest BCUT2D eigenvalue weighted by Gasteiger charge is 2.29. The third-order valence-corrected chi connectivity index (χ3v) is 6.17. The van der Waals surface area contributed by atoms with Crippen LogP contribution in [0.1, 0.15) is 46.2 Å². The lowest BCUT2D eigenvalue weighted by Gasteiger charge is -2.15. The predicted molar refractivity (Wildman–Crippen MR) is 137 cm³/mol. The SMILES string of the molecule is CCC(F)(F)c1cccc(NC(=O)c2nc(-c3cc(-c4c(C)cccc4C)c(OC)cn3)[nH]c2C)c1. The Labute approximate surface area is 208 Å². The summed E-state index contributed by atoms with van der Waals surface area (Å²) in [5, 5.41) is 2.68. The number of hydrogen-bond donors (Lipinski definition) is 2. The van der Waals surface area contributed by atoms with E-state index in [0.717, 1.165) is 22.3 Å². The van der Waals surface area contributed by atoms with Gasteiger partial charge in [0.05, 0.1) is 13.3 Å². The van der Waals surface area contributed by atoms with E-state index < -0.39 is 11.8 Å². The summed E-state index contributed by atoms with van der Waals surface area (Å²) in [5.41, 5.74) is 5.45. The topological polar surface area (TPSA) is 79.9 Å². The molecule has 0 spiro atoms. The molecule has 0 aliphatic heterocycles. The largest absolute Gasteiger partial charge is 0.494 e. The first-order valence-corrected chi connectivity index (χ1v) is 11.6. The van der Waals surface area contributed by atoms with Crippen LogP contribution in [-0.2, 0) is 5.92 Å². The molecule has 186 valence electrons. The maximum absolute atomic E-state index is 14.1. The van der Waals surface area contributed by atoms with E-state index >= 15 is 0 Å². The molecule has 0 fully saturated rings. The Morgan fingerprint density at radius 2 is 1.78 bits per heavy atom. The molecule has 36 heavy (non-hydrogen) atoms. The van der Waals surface area contributed by atoms with Crippen LogP contribution in [-0.4, -0.2) is 28.0 Å². The van der Waals surface area contributed by atoms with Gasteiger partial charge in [0, 0.05) is 28.9 Å². The quantitative estimate of drug-likeness (QED) is 0.298. The summed E-state index contributed by atoms with van der Waals surface area (Å²) in [7, 11) is 1.60. The minimum absolute atomic E-state index is 0.149. The average molecular weight is 491 g/mol. The minimum Gasteiger partial charge on any atom is -0.494 e. The lowest BCUT2D eigenvalue weighted by Crippen LogP contribution is -2.16. The molecule has 2 aromatic heterocycles. The lowest BCUT2D eigenvalue weighted by molar-refractivity contribution is -0.00824. The van der Waals surface area contributed by atoms with Crippen molar-refractivity contribution >= 4 is 11.6 Å². The number of aromatic nitrogens is 3. The second kappa shape index (κ2) is 9.89. The first-order chi connectivity index (χ1) is 17.1. The number of H-pyrrole nitrogens is 1. The van der Waals surface area contributed by atoms with Crippen molar-refractivity contribution in [3.05, 3.63) is 82.8 Å². The van der Waals surface area contributed by atoms with Gasteiger partial charge in [-0.2, -0.15) is 0 Å². The summed E-state index contributed by atoms with van der Waals surface area (Å²) in [6.07, 6.45) is 1.30. The number of halogens is 2. The van der Waals surface area contributed by atoms with E-state index in [2.05, 4.69) is 20.3 Å². The molecular formula is C28H28F2N4O2. The Balaban J connectivity index is 1.67. The number of methoxy groups -OCH3 is 1. The van der Waals surface area contributed by atoms with Crippen LogP contribution in [0.5, 0.6) is 5.75 Å². The van der Waals surface area contributed by atoms with E-state index in [4.69, 9.17) is 4.74 Å².